The molecule has 0 heterocycles. The zero-order valence-electron chi connectivity index (χ0n) is 19.9. The molecule has 0 aromatic heterocycles. The summed E-state index contributed by atoms with van der Waals surface area (Å²) in [7, 11) is 0. The van der Waals surface area contributed by atoms with Crippen molar-refractivity contribution in [3.63, 3.8) is 0 Å². The monoisotopic (exact) mass is 417 g/mol. The van der Waals surface area contributed by atoms with Crippen LogP contribution in [0.3, 0.4) is 0 Å². The van der Waals surface area contributed by atoms with Crippen LogP contribution in [0.1, 0.15) is 105 Å². The van der Waals surface area contributed by atoms with Gasteiger partial charge in [0.05, 0.1) is 0 Å². The maximum Gasteiger partial charge on any atom is 0.0228 e. The van der Waals surface area contributed by atoms with Gasteiger partial charge in [-0.25, -0.2) is 0 Å². The summed E-state index contributed by atoms with van der Waals surface area (Å²) in [5.74, 6) is 5.64. The first-order valence-corrected chi connectivity index (χ1v) is 13.8. The van der Waals surface area contributed by atoms with Crippen LogP contribution in [0.25, 0.3) is 0 Å². The van der Waals surface area contributed by atoms with E-state index in [2.05, 4.69) is 40.7 Å². The molecule has 2 N–H and O–H groups in total. The summed E-state index contributed by atoms with van der Waals surface area (Å²) in [5, 5.41) is 6.64. The van der Waals surface area contributed by atoms with Gasteiger partial charge in [-0.15, -0.1) is 0 Å². The minimum Gasteiger partial charge on any atom is -0.278 e. The minimum absolute atomic E-state index is 0.484. The first-order chi connectivity index (χ1) is 13.8. The fourth-order valence-corrected chi connectivity index (χ4v) is 9.30. The van der Waals surface area contributed by atoms with Crippen molar-refractivity contribution in [3.05, 3.63) is 11.6 Å². The molecule has 3 saturated carbocycles. The topological polar surface area (TPSA) is 26.0 Å². The van der Waals surface area contributed by atoms with E-state index in [9.17, 15) is 0 Å². The fraction of sp³-hybridized carbons (Fsp3) is 0.926. The zero-order valence-corrected chi connectivity index (χ0v) is 20.7. The average molecular weight is 418 g/mol. The molecule has 8 atom stereocenters. The molecule has 2 heteroatoms. The van der Waals surface area contributed by atoms with E-state index in [1.807, 2.05) is 0 Å². The van der Waals surface area contributed by atoms with Gasteiger partial charge in [-0.3, -0.25) is 5.14 Å². The summed E-state index contributed by atoms with van der Waals surface area (Å²) >= 11 is 1.62. The quantitative estimate of drug-likeness (QED) is 0.350. The van der Waals surface area contributed by atoms with E-state index in [0.717, 1.165) is 35.5 Å². The van der Waals surface area contributed by atoms with E-state index in [0.29, 0.717) is 16.1 Å². The van der Waals surface area contributed by atoms with Crippen LogP contribution < -0.4 is 5.14 Å². The molecule has 0 radical (unpaired) electrons. The molecule has 4 aliphatic rings. The molecule has 166 valence electrons. The Morgan fingerprint density at radius 3 is 2.55 bits per heavy atom. The number of hydrogen-bond donors (Lipinski definition) is 1. The third-order valence-corrected chi connectivity index (χ3v) is 11.2. The van der Waals surface area contributed by atoms with E-state index in [1.165, 1.54) is 70.6 Å². The van der Waals surface area contributed by atoms with Gasteiger partial charge in [-0.1, -0.05) is 77.5 Å². The van der Waals surface area contributed by atoms with E-state index < -0.39 is 0 Å². The Bertz CT molecular complexity index is 612. The average Bonchev–Trinajstić information content (AvgIpc) is 3.04. The molecule has 0 spiro atoms. The second-order valence-electron chi connectivity index (χ2n) is 12.3. The van der Waals surface area contributed by atoms with Crippen LogP contribution in [-0.2, 0) is 0 Å². The normalized spacial score (nSPS) is 45.3. The van der Waals surface area contributed by atoms with Crippen molar-refractivity contribution >= 4 is 11.9 Å². The summed E-state index contributed by atoms with van der Waals surface area (Å²) in [6, 6.07) is 0. The van der Waals surface area contributed by atoms with E-state index in [4.69, 9.17) is 5.14 Å². The Balaban J connectivity index is 1.48. The molecular formula is C27H47NS. The maximum absolute atomic E-state index is 5.97. The van der Waals surface area contributed by atoms with Crippen LogP contribution in [0.15, 0.2) is 11.6 Å². The Morgan fingerprint density at radius 2 is 1.83 bits per heavy atom. The number of nitrogens with two attached hydrogens (primary N) is 1. The first kappa shape index (κ1) is 22.3. The molecule has 0 aromatic rings. The molecule has 29 heavy (non-hydrogen) atoms. The Morgan fingerprint density at radius 1 is 1.03 bits per heavy atom. The highest BCUT2D eigenvalue weighted by atomic mass is 32.2. The molecule has 0 saturated heterocycles. The van der Waals surface area contributed by atoms with Crippen molar-refractivity contribution in [2.45, 2.75) is 110 Å². The number of fused-ring (bicyclic) bond motifs is 5. The van der Waals surface area contributed by atoms with Crippen molar-refractivity contribution in [1.82, 2.24) is 0 Å². The van der Waals surface area contributed by atoms with Crippen LogP contribution in [0, 0.1) is 46.3 Å². The van der Waals surface area contributed by atoms with Crippen molar-refractivity contribution < 1.29 is 0 Å². The molecule has 8 unspecified atom stereocenters. The minimum atomic E-state index is 0.484. The van der Waals surface area contributed by atoms with Crippen LogP contribution in [0.5, 0.6) is 0 Å². The highest BCUT2D eigenvalue weighted by molar-refractivity contribution is 7.97. The van der Waals surface area contributed by atoms with Gasteiger partial charge < -0.3 is 0 Å². The van der Waals surface area contributed by atoms with Gasteiger partial charge >= 0.3 is 0 Å². The van der Waals surface area contributed by atoms with Crippen LogP contribution in [-0.4, -0.2) is 5.25 Å². The van der Waals surface area contributed by atoms with Gasteiger partial charge in [0.1, 0.15) is 0 Å². The highest BCUT2D eigenvalue weighted by Crippen LogP contribution is 2.67. The number of allylic oxidation sites excluding steroid dienone is 2. The summed E-state index contributed by atoms with van der Waals surface area (Å²) in [5.41, 5.74) is 2.88. The Labute approximate surface area is 185 Å². The maximum atomic E-state index is 5.97. The lowest BCUT2D eigenvalue weighted by atomic mass is 9.47. The Kier molecular flexibility index (Phi) is 6.55. The van der Waals surface area contributed by atoms with Crippen molar-refractivity contribution in [2.75, 3.05) is 0 Å². The second-order valence-corrected chi connectivity index (χ2v) is 13.2. The number of rotatable bonds is 6. The van der Waals surface area contributed by atoms with Crippen molar-refractivity contribution in [3.8, 4) is 0 Å². The largest absolute Gasteiger partial charge is 0.278 e. The zero-order chi connectivity index (χ0) is 20.8. The van der Waals surface area contributed by atoms with Gasteiger partial charge in [0.15, 0.2) is 0 Å². The summed E-state index contributed by atoms with van der Waals surface area (Å²) < 4.78 is 0. The molecular weight excluding hydrogens is 370 g/mol. The van der Waals surface area contributed by atoms with Crippen LogP contribution in [0.2, 0.25) is 0 Å². The predicted molar refractivity (Wildman–Crippen MR) is 129 cm³/mol. The first-order valence-electron chi connectivity index (χ1n) is 12.8. The molecule has 1 nitrogen and oxygen atoms in total. The molecule has 0 aliphatic heterocycles. The predicted octanol–water partition coefficient (Wildman–Crippen LogP) is 8.00. The van der Waals surface area contributed by atoms with Crippen LogP contribution in [0.4, 0.5) is 0 Å². The summed E-state index contributed by atoms with van der Waals surface area (Å²) in [6.45, 7) is 12.7. The standard InChI is InChI=1S/C27H47NS/c1-18(2)7-6-8-19(3)23-11-12-24-22-10-9-20-17-21(29-28)13-15-26(20,4)25(22)14-16-27(23,24)5/h9,18-19,21-25H,6-8,10-17,28H2,1-5H3. The summed E-state index contributed by atoms with van der Waals surface area (Å²) in [4.78, 5) is 0. The molecule has 4 rings (SSSR count). The van der Waals surface area contributed by atoms with Gasteiger partial charge in [0.2, 0.25) is 0 Å². The smallest absolute Gasteiger partial charge is 0.0228 e. The van der Waals surface area contributed by atoms with Gasteiger partial charge in [0, 0.05) is 5.25 Å². The Hall–Kier alpha value is 0.0500. The number of hydrogen-bond acceptors (Lipinski definition) is 2. The van der Waals surface area contributed by atoms with E-state index in [1.54, 1.807) is 17.5 Å². The van der Waals surface area contributed by atoms with E-state index >= 15 is 0 Å². The van der Waals surface area contributed by atoms with Crippen LogP contribution >= 0.6 is 11.9 Å². The molecule has 0 amide bonds. The van der Waals surface area contributed by atoms with Crippen molar-refractivity contribution in [1.29, 1.82) is 0 Å². The van der Waals surface area contributed by atoms with Crippen molar-refractivity contribution in [2.24, 2.45) is 51.5 Å². The lowest BCUT2D eigenvalue weighted by Crippen LogP contribution is -2.50. The fourth-order valence-electron chi connectivity index (χ4n) is 8.77. The third-order valence-electron chi connectivity index (χ3n) is 10.5. The van der Waals surface area contributed by atoms with Gasteiger partial charge in [0.25, 0.3) is 0 Å². The van der Waals surface area contributed by atoms with Gasteiger partial charge in [-0.05, 0) is 97.7 Å². The molecule has 4 aliphatic carbocycles. The molecule has 3 fully saturated rings. The molecule has 0 aromatic carbocycles. The van der Waals surface area contributed by atoms with E-state index in [-0.39, 0.29) is 0 Å². The second kappa shape index (κ2) is 8.53. The highest BCUT2D eigenvalue weighted by Gasteiger charge is 2.59. The lowest BCUT2D eigenvalue weighted by molar-refractivity contribution is -0.0497. The summed E-state index contributed by atoms with van der Waals surface area (Å²) in [6.07, 6.45) is 18.4. The SMILES string of the molecule is CC(C)CCCC(C)C1CCC2C3CC=C4CC(SN)CCC4(C)C3CCC12C. The van der Waals surface area contributed by atoms with Gasteiger partial charge in [-0.2, -0.15) is 0 Å². The lowest BCUT2D eigenvalue weighted by Gasteiger charge is -2.58. The molecule has 0 bridgehead atoms. The third kappa shape index (κ3) is 3.88.